The van der Waals surface area contributed by atoms with Gasteiger partial charge in [-0.15, -0.1) is 0 Å². The van der Waals surface area contributed by atoms with Crippen LogP contribution in [0.4, 0.5) is 18.0 Å². The molecule has 0 aromatic carbocycles. The Labute approximate surface area is 107 Å². The van der Waals surface area contributed by atoms with E-state index in [-0.39, 0.29) is 6.09 Å². The summed E-state index contributed by atoms with van der Waals surface area (Å²) in [5.74, 6) is -2.76. The van der Waals surface area contributed by atoms with Crippen molar-refractivity contribution in [1.29, 1.82) is 0 Å². The Morgan fingerprint density at radius 3 is 2.21 bits per heavy atom. The summed E-state index contributed by atoms with van der Waals surface area (Å²) in [6.45, 7) is 6.93. The summed E-state index contributed by atoms with van der Waals surface area (Å²) < 4.78 is 36.6. The molecule has 0 aromatic heterocycles. The van der Waals surface area contributed by atoms with Crippen LogP contribution in [0.2, 0.25) is 0 Å². The first-order chi connectivity index (χ1) is 8.79. The van der Waals surface area contributed by atoms with Gasteiger partial charge in [0.15, 0.2) is 0 Å². The molecule has 0 aromatic rings. The fourth-order valence-electron chi connectivity index (χ4n) is 1.07. The number of nitrogens with one attached hydrogen (secondary N) is 1. The number of nitrogens with zero attached hydrogens (tertiary/aromatic N) is 1. The van der Waals surface area contributed by atoms with Crippen LogP contribution >= 0.6 is 0 Å². The van der Waals surface area contributed by atoms with Gasteiger partial charge in [0.05, 0.1) is 0 Å². The highest BCUT2D eigenvalue weighted by atomic mass is 19.4. The minimum Gasteiger partial charge on any atom is -0.475 e. The number of amides is 1. The van der Waals surface area contributed by atoms with Crippen molar-refractivity contribution in [3.8, 4) is 0 Å². The van der Waals surface area contributed by atoms with Crippen molar-refractivity contribution in [3.63, 3.8) is 0 Å². The van der Waals surface area contributed by atoms with E-state index in [2.05, 4.69) is 11.9 Å². The van der Waals surface area contributed by atoms with Crippen molar-refractivity contribution in [1.82, 2.24) is 10.2 Å². The second-order valence-electron chi connectivity index (χ2n) is 3.41. The summed E-state index contributed by atoms with van der Waals surface area (Å²) >= 11 is 0. The lowest BCUT2D eigenvalue weighted by atomic mass is 10.4. The van der Waals surface area contributed by atoms with Gasteiger partial charge < -0.3 is 20.1 Å². The number of hydrogen-bond acceptors (Lipinski definition) is 4. The summed E-state index contributed by atoms with van der Waals surface area (Å²) in [6.07, 6.45) is -3.75. The van der Waals surface area contributed by atoms with E-state index in [1.54, 1.807) is 11.0 Å². The van der Waals surface area contributed by atoms with Crippen LogP contribution in [0, 0.1) is 0 Å². The molecule has 0 aliphatic carbocycles. The molecule has 1 rings (SSSR count). The molecule has 0 bridgehead atoms. The standard InChI is InChI=1S/C8H14N2O2.C2HF3O2/c1-2-7-12-8(11)10-5-3-9-4-6-10;3-2(4,5)1(6)7/h2,9H,1,3-7H2;(H,6,7). The van der Waals surface area contributed by atoms with Gasteiger partial charge in [0.2, 0.25) is 0 Å². The lowest BCUT2D eigenvalue weighted by molar-refractivity contribution is -0.192. The molecule has 1 aliphatic heterocycles. The number of alkyl halides is 3. The molecular weight excluding hydrogens is 269 g/mol. The SMILES string of the molecule is C=CCOC(=O)N1CCNCC1.O=C(O)C(F)(F)F. The molecule has 1 aliphatic rings. The quantitative estimate of drug-likeness (QED) is 0.735. The van der Waals surface area contributed by atoms with Crippen LogP contribution in [0.5, 0.6) is 0 Å². The molecule has 0 atom stereocenters. The van der Waals surface area contributed by atoms with Gasteiger partial charge in [-0.1, -0.05) is 12.7 Å². The number of halogens is 3. The van der Waals surface area contributed by atoms with E-state index in [1.807, 2.05) is 0 Å². The Bertz CT molecular complexity index is 314. The van der Waals surface area contributed by atoms with Gasteiger partial charge in [0.1, 0.15) is 6.61 Å². The van der Waals surface area contributed by atoms with E-state index in [0.717, 1.165) is 26.2 Å². The number of carbonyl (C=O) groups excluding carboxylic acids is 1. The Balaban J connectivity index is 0.000000399. The van der Waals surface area contributed by atoms with Gasteiger partial charge in [-0.3, -0.25) is 0 Å². The van der Waals surface area contributed by atoms with Gasteiger partial charge in [-0.2, -0.15) is 13.2 Å². The van der Waals surface area contributed by atoms with Crippen LogP contribution in [0.15, 0.2) is 12.7 Å². The Hall–Kier alpha value is -1.77. The number of rotatable bonds is 2. The van der Waals surface area contributed by atoms with Gasteiger partial charge in [0, 0.05) is 26.2 Å². The zero-order valence-corrected chi connectivity index (χ0v) is 10.1. The largest absolute Gasteiger partial charge is 0.490 e. The molecule has 0 spiro atoms. The summed E-state index contributed by atoms with van der Waals surface area (Å²) in [5.41, 5.74) is 0. The molecule has 1 fully saturated rings. The van der Waals surface area contributed by atoms with Crippen LogP contribution in [-0.4, -0.2) is 61.0 Å². The number of hydrogen-bond donors (Lipinski definition) is 2. The van der Waals surface area contributed by atoms with Gasteiger partial charge >= 0.3 is 18.2 Å². The van der Waals surface area contributed by atoms with Crippen molar-refractivity contribution in [2.24, 2.45) is 0 Å². The first-order valence-electron chi connectivity index (χ1n) is 5.32. The first-order valence-corrected chi connectivity index (χ1v) is 5.32. The van der Waals surface area contributed by atoms with E-state index < -0.39 is 12.1 Å². The minimum atomic E-state index is -5.08. The van der Waals surface area contributed by atoms with Crippen molar-refractivity contribution < 1.29 is 32.6 Å². The van der Waals surface area contributed by atoms with E-state index >= 15 is 0 Å². The first kappa shape index (κ1) is 17.2. The molecule has 0 radical (unpaired) electrons. The zero-order chi connectivity index (χ0) is 14.9. The molecule has 1 amide bonds. The number of carbonyl (C=O) groups is 2. The normalized spacial score (nSPS) is 15.0. The molecule has 2 N–H and O–H groups in total. The Morgan fingerprint density at radius 1 is 1.37 bits per heavy atom. The molecule has 6 nitrogen and oxygen atoms in total. The maximum atomic E-state index is 11.2. The highest BCUT2D eigenvalue weighted by molar-refractivity contribution is 5.73. The summed E-state index contributed by atoms with van der Waals surface area (Å²) in [5, 5.41) is 10.3. The molecule has 19 heavy (non-hydrogen) atoms. The van der Waals surface area contributed by atoms with E-state index in [9.17, 15) is 18.0 Å². The maximum absolute atomic E-state index is 11.2. The second-order valence-corrected chi connectivity index (χ2v) is 3.41. The topological polar surface area (TPSA) is 78.9 Å². The summed E-state index contributed by atoms with van der Waals surface area (Å²) in [7, 11) is 0. The number of aliphatic carboxylic acids is 1. The average molecular weight is 284 g/mol. The molecule has 1 heterocycles. The molecule has 110 valence electrons. The van der Waals surface area contributed by atoms with Crippen molar-refractivity contribution in [3.05, 3.63) is 12.7 Å². The number of carboxylic acids is 1. The predicted molar refractivity (Wildman–Crippen MR) is 59.7 cm³/mol. The third-order valence-corrected chi connectivity index (χ3v) is 1.94. The number of piperazine rings is 1. The zero-order valence-electron chi connectivity index (χ0n) is 10.1. The van der Waals surface area contributed by atoms with Crippen LogP contribution < -0.4 is 5.32 Å². The highest BCUT2D eigenvalue weighted by Gasteiger charge is 2.38. The van der Waals surface area contributed by atoms with Gasteiger partial charge in [-0.25, -0.2) is 9.59 Å². The smallest absolute Gasteiger partial charge is 0.475 e. The van der Waals surface area contributed by atoms with Crippen LogP contribution in [0.25, 0.3) is 0 Å². The third-order valence-electron chi connectivity index (χ3n) is 1.94. The number of ether oxygens (including phenoxy) is 1. The molecule has 0 saturated carbocycles. The highest BCUT2D eigenvalue weighted by Crippen LogP contribution is 2.13. The second kappa shape index (κ2) is 8.35. The summed E-state index contributed by atoms with van der Waals surface area (Å²) in [6, 6.07) is 0. The molecule has 0 unspecified atom stereocenters. The number of carboxylic acid groups (broad SMARTS) is 1. The van der Waals surface area contributed by atoms with Crippen molar-refractivity contribution in [2.45, 2.75) is 6.18 Å². The third kappa shape index (κ3) is 8.03. The fourth-order valence-corrected chi connectivity index (χ4v) is 1.07. The van der Waals surface area contributed by atoms with Crippen LogP contribution in [-0.2, 0) is 9.53 Å². The molecule has 9 heteroatoms. The lowest BCUT2D eigenvalue weighted by Crippen LogP contribution is -2.46. The summed E-state index contributed by atoms with van der Waals surface area (Å²) in [4.78, 5) is 21.8. The maximum Gasteiger partial charge on any atom is 0.490 e. The lowest BCUT2D eigenvalue weighted by Gasteiger charge is -2.26. The van der Waals surface area contributed by atoms with Crippen molar-refractivity contribution >= 4 is 12.1 Å². The van der Waals surface area contributed by atoms with E-state index in [0.29, 0.717) is 6.61 Å². The monoisotopic (exact) mass is 284 g/mol. The fraction of sp³-hybridized carbons (Fsp3) is 0.600. The van der Waals surface area contributed by atoms with Crippen molar-refractivity contribution in [2.75, 3.05) is 32.8 Å². The van der Waals surface area contributed by atoms with Crippen LogP contribution in [0.3, 0.4) is 0 Å². The molecule has 1 saturated heterocycles. The van der Waals surface area contributed by atoms with Gasteiger partial charge in [0.25, 0.3) is 0 Å². The molecular formula is C10H15F3N2O4. The van der Waals surface area contributed by atoms with E-state index in [1.165, 1.54) is 0 Å². The Kier molecular flexibility index (Phi) is 7.57. The van der Waals surface area contributed by atoms with E-state index in [4.69, 9.17) is 14.6 Å². The van der Waals surface area contributed by atoms with Gasteiger partial charge in [-0.05, 0) is 0 Å². The average Bonchev–Trinajstić information content (AvgIpc) is 2.36. The van der Waals surface area contributed by atoms with Crippen LogP contribution in [0.1, 0.15) is 0 Å². The predicted octanol–water partition coefficient (Wildman–Crippen LogP) is 0.847. The Morgan fingerprint density at radius 2 is 1.84 bits per heavy atom. The minimum absolute atomic E-state index is 0.239.